The molecule has 0 atom stereocenters. The summed E-state index contributed by atoms with van der Waals surface area (Å²) in [5, 5.41) is 14.8. The van der Waals surface area contributed by atoms with E-state index in [0.717, 1.165) is 25.0 Å². The Kier molecular flexibility index (Phi) is 4.82. The van der Waals surface area contributed by atoms with Crippen LogP contribution < -0.4 is 10.6 Å². The third-order valence-corrected chi connectivity index (χ3v) is 4.29. The molecule has 4 N–H and O–H groups in total. The summed E-state index contributed by atoms with van der Waals surface area (Å²) in [5.41, 5.74) is -0.367. The Labute approximate surface area is 123 Å². The number of carboxylic acid groups (broad SMARTS) is 1. The van der Waals surface area contributed by atoms with Gasteiger partial charge in [0.2, 0.25) is 0 Å². The second-order valence-corrected chi connectivity index (χ2v) is 5.62. The van der Waals surface area contributed by atoms with Crippen molar-refractivity contribution in [3.05, 3.63) is 18.2 Å². The lowest BCUT2D eigenvalue weighted by Crippen LogP contribution is -2.58. The van der Waals surface area contributed by atoms with Crippen molar-refractivity contribution >= 4 is 12.0 Å². The molecule has 0 bridgehead atoms. The first-order valence-corrected chi connectivity index (χ1v) is 7.32. The molecule has 0 aromatic carbocycles. The number of hydrogen-bond donors (Lipinski definition) is 4. The average Bonchev–Trinajstić information content (AvgIpc) is 2.99. The molecule has 1 aromatic rings. The Balaban J connectivity index is 1.90. The third kappa shape index (κ3) is 3.74. The smallest absolute Gasteiger partial charge is 0.329 e. The van der Waals surface area contributed by atoms with Gasteiger partial charge in [-0.1, -0.05) is 13.3 Å². The van der Waals surface area contributed by atoms with Gasteiger partial charge in [0.25, 0.3) is 0 Å². The Bertz CT molecular complexity index is 478. The Morgan fingerprint density at radius 1 is 1.48 bits per heavy atom. The second-order valence-electron chi connectivity index (χ2n) is 5.62. The van der Waals surface area contributed by atoms with E-state index in [0.29, 0.717) is 25.3 Å². The maximum Gasteiger partial charge on any atom is 0.329 e. The lowest BCUT2D eigenvalue weighted by Gasteiger charge is -2.37. The summed E-state index contributed by atoms with van der Waals surface area (Å²) >= 11 is 0. The summed E-state index contributed by atoms with van der Waals surface area (Å²) in [6.07, 6.45) is 6.84. The van der Waals surface area contributed by atoms with E-state index in [9.17, 15) is 14.7 Å². The summed E-state index contributed by atoms with van der Waals surface area (Å²) in [5.74, 6) is -0.388. The van der Waals surface area contributed by atoms with Crippen molar-refractivity contribution in [1.29, 1.82) is 0 Å². The number of nitrogens with one attached hydrogen (secondary N) is 3. The molecule has 1 saturated carbocycles. The number of aliphatic carboxylic acids is 1. The minimum Gasteiger partial charge on any atom is -0.480 e. The Morgan fingerprint density at radius 3 is 2.71 bits per heavy atom. The van der Waals surface area contributed by atoms with Crippen LogP contribution in [0.5, 0.6) is 0 Å². The largest absolute Gasteiger partial charge is 0.480 e. The molecule has 1 aliphatic rings. The fraction of sp³-hybridized carbons (Fsp3) is 0.643. The molecule has 116 valence electrons. The summed E-state index contributed by atoms with van der Waals surface area (Å²) in [6.45, 7) is 2.40. The lowest BCUT2D eigenvalue weighted by atomic mass is 9.75. The second kappa shape index (κ2) is 6.60. The number of aromatic nitrogens is 2. The first-order valence-electron chi connectivity index (χ1n) is 7.32. The van der Waals surface area contributed by atoms with E-state index in [2.05, 4.69) is 27.5 Å². The van der Waals surface area contributed by atoms with Crippen LogP contribution in [0.3, 0.4) is 0 Å². The van der Waals surface area contributed by atoms with E-state index in [4.69, 9.17) is 0 Å². The molecule has 2 rings (SSSR count). The van der Waals surface area contributed by atoms with Crippen LogP contribution in [0.2, 0.25) is 0 Å². The number of aromatic amines is 1. The number of carbonyl (C=O) groups excluding carboxylic acids is 1. The maximum absolute atomic E-state index is 11.9. The molecule has 0 aliphatic heterocycles. The van der Waals surface area contributed by atoms with Gasteiger partial charge in [-0.2, -0.15) is 0 Å². The zero-order valence-corrected chi connectivity index (χ0v) is 12.2. The molecular weight excluding hydrogens is 272 g/mol. The Hall–Kier alpha value is -2.05. The predicted molar refractivity (Wildman–Crippen MR) is 76.6 cm³/mol. The van der Waals surface area contributed by atoms with E-state index in [-0.39, 0.29) is 0 Å². The van der Waals surface area contributed by atoms with Crippen molar-refractivity contribution in [3.63, 3.8) is 0 Å². The van der Waals surface area contributed by atoms with Crippen LogP contribution in [0.1, 0.15) is 44.7 Å². The van der Waals surface area contributed by atoms with Crippen molar-refractivity contribution in [3.8, 4) is 0 Å². The summed E-state index contributed by atoms with van der Waals surface area (Å²) in [7, 11) is 0. The van der Waals surface area contributed by atoms with Crippen molar-refractivity contribution < 1.29 is 14.7 Å². The number of urea groups is 1. The number of hydrogen-bond acceptors (Lipinski definition) is 3. The lowest BCUT2D eigenvalue weighted by molar-refractivity contribution is -0.146. The molecule has 21 heavy (non-hydrogen) atoms. The molecule has 0 unspecified atom stereocenters. The number of carbonyl (C=O) groups is 2. The average molecular weight is 294 g/mol. The molecule has 0 saturated heterocycles. The number of rotatable bonds is 5. The third-order valence-electron chi connectivity index (χ3n) is 4.29. The molecule has 7 nitrogen and oxygen atoms in total. The molecule has 7 heteroatoms. The topological polar surface area (TPSA) is 107 Å². The van der Waals surface area contributed by atoms with Gasteiger partial charge in [0.1, 0.15) is 5.54 Å². The first kappa shape index (κ1) is 15.3. The van der Waals surface area contributed by atoms with E-state index in [1.807, 2.05) is 0 Å². The number of H-pyrrole nitrogens is 1. The van der Waals surface area contributed by atoms with Crippen LogP contribution in [-0.2, 0) is 11.3 Å². The van der Waals surface area contributed by atoms with Gasteiger partial charge in [-0.15, -0.1) is 0 Å². The van der Waals surface area contributed by atoms with E-state index in [1.54, 1.807) is 6.20 Å². The van der Waals surface area contributed by atoms with Gasteiger partial charge in [-0.3, -0.25) is 0 Å². The molecule has 0 radical (unpaired) electrons. The molecule has 1 aliphatic carbocycles. The van der Waals surface area contributed by atoms with Gasteiger partial charge < -0.3 is 20.7 Å². The molecule has 1 aromatic heterocycles. The fourth-order valence-electron chi connectivity index (χ4n) is 2.79. The minimum atomic E-state index is -1.14. The van der Waals surface area contributed by atoms with E-state index < -0.39 is 17.5 Å². The van der Waals surface area contributed by atoms with Crippen LogP contribution in [0, 0.1) is 5.92 Å². The molecule has 0 spiro atoms. The summed E-state index contributed by atoms with van der Waals surface area (Å²) in [4.78, 5) is 30.3. The predicted octanol–water partition coefficient (Wildman–Crippen LogP) is 1.63. The number of nitrogens with zero attached hydrogens (tertiary/aromatic N) is 1. The Morgan fingerprint density at radius 2 is 2.19 bits per heavy atom. The zero-order chi connectivity index (χ0) is 15.3. The SMILES string of the molecule is CCC1CCC(NC(=O)NCc2cnc[nH]2)(C(=O)O)CC1. The van der Waals surface area contributed by atoms with Gasteiger partial charge in [-0.05, 0) is 31.6 Å². The highest BCUT2D eigenvalue weighted by molar-refractivity contribution is 5.86. The quantitative estimate of drug-likeness (QED) is 0.662. The standard InChI is InChI=1S/C14H22N4O3/c1-2-10-3-5-14(6-4-10,12(19)20)18-13(21)16-8-11-7-15-9-17-11/h7,9-10H,2-6,8H2,1H3,(H,15,17)(H,19,20)(H2,16,18,21). The monoisotopic (exact) mass is 294 g/mol. The number of imidazole rings is 1. The zero-order valence-electron chi connectivity index (χ0n) is 12.2. The number of carboxylic acids is 1. The highest BCUT2D eigenvalue weighted by Crippen LogP contribution is 2.33. The molecule has 1 heterocycles. The van der Waals surface area contributed by atoms with Crippen LogP contribution in [0.25, 0.3) is 0 Å². The minimum absolute atomic E-state index is 0.291. The van der Waals surface area contributed by atoms with E-state index in [1.165, 1.54) is 6.33 Å². The summed E-state index contributed by atoms with van der Waals surface area (Å²) in [6, 6.07) is -0.457. The maximum atomic E-state index is 11.9. The normalized spacial score (nSPS) is 25.3. The molecule has 1 fully saturated rings. The van der Waals surface area contributed by atoms with Crippen LogP contribution in [0.15, 0.2) is 12.5 Å². The first-order chi connectivity index (χ1) is 10.1. The fourth-order valence-corrected chi connectivity index (χ4v) is 2.79. The van der Waals surface area contributed by atoms with Crippen molar-refractivity contribution in [1.82, 2.24) is 20.6 Å². The van der Waals surface area contributed by atoms with Crippen LogP contribution in [-0.4, -0.2) is 32.6 Å². The van der Waals surface area contributed by atoms with Crippen LogP contribution >= 0.6 is 0 Å². The van der Waals surface area contributed by atoms with Gasteiger partial charge >= 0.3 is 12.0 Å². The highest BCUT2D eigenvalue weighted by atomic mass is 16.4. The van der Waals surface area contributed by atoms with Crippen LogP contribution in [0.4, 0.5) is 4.79 Å². The van der Waals surface area contributed by atoms with E-state index >= 15 is 0 Å². The van der Waals surface area contributed by atoms with Crippen molar-refractivity contribution in [2.75, 3.05) is 0 Å². The van der Waals surface area contributed by atoms with Crippen molar-refractivity contribution in [2.24, 2.45) is 5.92 Å². The summed E-state index contributed by atoms with van der Waals surface area (Å²) < 4.78 is 0. The molecular formula is C14H22N4O3. The highest BCUT2D eigenvalue weighted by Gasteiger charge is 2.42. The van der Waals surface area contributed by atoms with Gasteiger partial charge in [-0.25, -0.2) is 14.6 Å². The van der Waals surface area contributed by atoms with Crippen molar-refractivity contribution in [2.45, 2.75) is 51.1 Å². The number of amides is 2. The molecule has 2 amide bonds. The van der Waals surface area contributed by atoms with Gasteiger partial charge in [0.05, 0.1) is 18.6 Å². The van der Waals surface area contributed by atoms with Gasteiger partial charge in [0, 0.05) is 6.20 Å². The van der Waals surface area contributed by atoms with Gasteiger partial charge in [0.15, 0.2) is 0 Å².